The third-order valence-electron chi connectivity index (χ3n) is 3.96. The van der Waals surface area contributed by atoms with Crippen LogP contribution in [0.4, 0.5) is 11.5 Å². The number of nitrogen functional groups attached to an aromatic ring is 1. The number of hydrogen-bond donors (Lipinski definition) is 4. The molecule has 1 aromatic heterocycles. The van der Waals surface area contributed by atoms with E-state index in [-0.39, 0.29) is 17.5 Å². The van der Waals surface area contributed by atoms with Gasteiger partial charge < -0.3 is 21.1 Å². The first kappa shape index (κ1) is 14.4. The number of nitrogens with zero attached hydrogens (tertiary/aromatic N) is 1. The lowest BCUT2D eigenvalue weighted by Crippen LogP contribution is -2.35. The predicted octanol–water partition coefficient (Wildman–Crippen LogP) is 1.19. The predicted molar refractivity (Wildman–Crippen MR) is 75.5 cm³/mol. The fourth-order valence-corrected chi connectivity index (χ4v) is 2.86. The summed E-state index contributed by atoms with van der Waals surface area (Å²) in [4.78, 5) is 28.9. The number of carboxylic acids is 1. The molecule has 0 amide bonds. The second kappa shape index (κ2) is 5.94. The summed E-state index contributed by atoms with van der Waals surface area (Å²) in [5, 5.41) is 12.2. The number of H-pyrrole nitrogens is 1. The van der Waals surface area contributed by atoms with Gasteiger partial charge in [0, 0.05) is 6.54 Å². The maximum atomic E-state index is 11.4. The van der Waals surface area contributed by atoms with Gasteiger partial charge in [-0.2, -0.15) is 0 Å². The molecule has 1 fully saturated rings. The molecule has 0 bridgehead atoms. The Labute approximate surface area is 116 Å². The summed E-state index contributed by atoms with van der Waals surface area (Å²) >= 11 is 0. The van der Waals surface area contributed by atoms with Crippen molar-refractivity contribution in [3.63, 3.8) is 0 Å². The van der Waals surface area contributed by atoms with Gasteiger partial charge in [-0.05, 0) is 18.3 Å². The van der Waals surface area contributed by atoms with E-state index in [9.17, 15) is 9.59 Å². The van der Waals surface area contributed by atoms with Crippen LogP contribution in [0.1, 0.15) is 38.5 Å². The standard InChI is InChI=1S/C13H20N4O3/c14-10-11(16-8-17-12(10)20)15-7-13(6-9(18)19)4-2-1-3-5-13/h8H,1-7,14H2,(H,18,19)(H2,15,16,17,20). The van der Waals surface area contributed by atoms with E-state index in [1.54, 1.807) is 0 Å². The minimum atomic E-state index is -0.791. The summed E-state index contributed by atoms with van der Waals surface area (Å²) in [6, 6.07) is 0. The van der Waals surface area contributed by atoms with Gasteiger partial charge in [-0.1, -0.05) is 19.3 Å². The van der Waals surface area contributed by atoms with Gasteiger partial charge in [0.05, 0.1) is 12.7 Å². The summed E-state index contributed by atoms with van der Waals surface area (Å²) in [7, 11) is 0. The quantitative estimate of drug-likeness (QED) is 0.642. The highest BCUT2D eigenvalue weighted by Gasteiger charge is 2.34. The molecule has 1 saturated carbocycles. The van der Waals surface area contributed by atoms with E-state index in [1.165, 1.54) is 6.33 Å². The van der Waals surface area contributed by atoms with Gasteiger partial charge in [-0.15, -0.1) is 0 Å². The molecule has 2 rings (SSSR count). The lowest BCUT2D eigenvalue weighted by atomic mass is 9.71. The molecule has 0 saturated heterocycles. The molecule has 0 unspecified atom stereocenters. The van der Waals surface area contributed by atoms with Crippen LogP contribution in [-0.2, 0) is 4.79 Å². The minimum absolute atomic E-state index is 0.0359. The first-order chi connectivity index (χ1) is 9.52. The summed E-state index contributed by atoms with van der Waals surface area (Å²) in [5.41, 5.74) is 5.03. The number of aromatic nitrogens is 2. The average Bonchev–Trinajstić information content (AvgIpc) is 2.41. The number of aromatic amines is 1. The van der Waals surface area contributed by atoms with Crippen LogP contribution in [0.2, 0.25) is 0 Å². The maximum Gasteiger partial charge on any atom is 0.303 e. The fourth-order valence-electron chi connectivity index (χ4n) is 2.86. The SMILES string of the molecule is Nc1c(NCC2(CC(=O)O)CCCCC2)nc[nH]c1=O. The van der Waals surface area contributed by atoms with Crippen molar-refractivity contribution in [1.82, 2.24) is 9.97 Å². The van der Waals surface area contributed by atoms with Crippen LogP contribution < -0.4 is 16.6 Å². The first-order valence-corrected chi connectivity index (χ1v) is 6.81. The van der Waals surface area contributed by atoms with Gasteiger partial charge in [0.1, 0.15) is 5.69 Å². The molecule has 7 nitrogen and oxygen atoms in total. The molecule has 0 aliphatic heterocycles. The van der Waals surface area contributed by atoms with Crippen LogP contribution in [0, 0.1) is 5.41 Å². The van der Waals surface area contributed by atoms with Gasteiger partial charge in [-0.3, -0.25) is 9.59 Å². The molecular weight excluding hydrogens is 260 g/mol. The van der Waals surface area contributed by atoms with Crippen LogP contribution in [0.5, 0.6) is 0 Å². The Kier molecular flexibility index (Phi) is 4.26. The molecule has 0 aromatic carbocycles. The lowest BCUT2D eigenvalue weighted by Gasteiger charge is -2.36. The van der Waals surface area contributed by atoms with Crippen molar-refractivity contribution < 1.29 is 9.90 Å². The number of carbonyl (C=O) groups is 1. The van der Waals surface area contributed by atoms with E-state index in [0.29, 0.717) is 12.4 Å². The van der Waals surface area contributed by atoms with Gasteiger partial charge >= 0.3 is 5.97 Å². The molecule has 0 atom stereocenters. The molecule has 1 heterocycles. The highest BCUT2D eigenvalue weighted by Crippen LogP contribution is 2.39. The molecule has 7 heteroatoms. The Hall–Kier alpha value is -2.05. The number of nitrogens with two attached hydrogens (primary N) is 1. The van der Waals surface area contributed by atoms with Crippen LogP contribution >= 0.6 is 0 Å². The third-order valence-corrected chi connectivity index (χ3v) is 3.96. The van der Waals surface area contributed by atoms with Crippen molar-refractivity contribution in [3.8, 4) is 0 Å². The second-order valence-electron chi connectivity index (χ2n) is 5.48. The Morgan fingerprint density at radius 3 is 2.80 bits per heavy atom. The average molecular weight is 280 g/mol. The monoisotopic (exact) mass is 280 g/mol. The Bertz CT molecular complexity index is 535. The number of rotatable bonds is 5. The maximum absolute atomic E-state index is 11.4. The van der Waals surface area contributed by atoms with E-state index < -0.39 is 11.5 Å². The minimum Gasteiger partial charge on any atom is -0.481 e. The molecule has 1 aliphatic rings. The first-order valence-electron chi connectivity index (χ1n) is 6.81. The van der Waals surface area contributed by atoms with Gasteiger partial charge in [0.2, 0.25) is 0 Å². The molecule has 1 aliphatic carbocycles. The summed E-state index contributed by atoms with van der Waals surface area (Å²) in [6.07, 6.45) is 6.37. The van der Waals surface area contributed by atoms with Crippen molar-refractivity contribution in [2.24, 2.45) is 5.41 Å². The second-order valence-corrected chi connectivity index (χ2v) is 5.48. The zero-order valence-corrected chi connectivity index (χ0v) is 11.3. The molecule has 0 spiro atoms. The zero-order chi connectivity index (χ0) is 14.6. The number of hydrogen-bond acceptors (Lipinski definition) is 5. The molecule has 1 aromatic rings. The van der Waals surface area contributed by atoms with Crippen LogP contribution in [0.25, 0.3) is 0 Å². The van der Waals surface area contributed by atoms with Crippen molar-refractivity contribution >= 4 is 17.5 Å². The summed E-state index contributed by atoms with van der Waals surface area (Å²) in [5.74, 6) is -0.468. The topological polar surface area (TPSA) is 121 Å². The van der Waals surface area contributed by atoms with E-state index in [2.05, 4.69) is 15.3 Å². The number of anilines is 2. The zero-order valence-electron chi connectivity index (χ0n) is 11.3. The Morgan fingerprint density at radius 1 is 1.45 bits per heavy atom. The van der Waals surface area contributed by atoms with Crippen molar-refractivity contribution in [2.75, 3.05) is 17.6 Å². The highest BCUT2D eigenvalue weighted by atomic mass is 16.4. The third kappa shape index (κ3) is 3.28. The molecule has 0 radical (unpaired) electrons. The van der Waals surface area contributed by atoms with Crippen molar-refractivity contribution in [2.45, 2.75) is 38.5 Å². The molecule has 110 valence electrons. The lowest BCUT2D eigenvalue weighted by molar-refractivity contribution is -0.140. The smallest absolute Gasteiger partial charge is 0.303 e. The van der Waals surface area contributed by atoms with Gasteiger partial charge in [-0.25, -0.2) is 4.98 Å². The summed E-state index contributed by atoms with van der Waals surface area (Å²) < 4.78 is 0. The molecular formula is C13H20N4O3. The summed E-state index contributed by atoms with van der Waals surface area (Å²) in [6.45, 7) is 0.472. The van der Waals surface area contributed by atoms with Gasteiger partial charge in [0.15, 0.2) is 5.82 Å². The van der Waals surface area contributed by atoms with Crippen LogP contribution in [-0.4, -0.2) is 27.6 Å². The van der Waals surface area contributed by atoms with Gasteiger partial charge in [0.25, 0.3) is 5.56 Å². The van der Waals surface area contributed by atoms with E-state index in [1.807, 2.05) is 0 Å². The van der Waals surface area contributed by atoms with E-state index in [4.69, 9.17) is 10.8 Å². The number of nitrogens with one attached hydrogen (secondary N) is 2. The van der Waals surface area contributed by atoms with Crippen molar-refractivity contribution in [1.29, 1.82) is 0 Å². The highest BCUT2D eigenvalue weighted by molar-refractivity contribution is 5.68. The van der Waals surface area contributed by atoms with E-state index in [0.717, 1.165) is 32.1 Å². The van der Waals surface area contributed by atoms with Crippen LogP contribution in [0.3, 0.4) is 0 Å². The van der Waals surface area contributed by atoms with Crippen LogP contribution in [0.15, 0.2) is 11.1 Å². The Balaban J connectivity index is 2.10. The van der Waals surface area contributed by atoms with Crippen molar-refractivity contribution in [3.05, 3.63) is 16.7 Å². The normalized spacial score (nSPS) is 17.6. The number of aliphatic carboxylic acids is 1. The molecule has 20 heavy (non-hydrogen) atoms. The fraction of sp³-hybridized carbons (Fsp3) is 0.615. The number of carboxylic acid groups (broad SMARTS) is 1. The van der Waals surface area contributed by atoms with E-state index >= 15 is 0 Å². The largest absolute Gasteiger partial charge is 0.481 e. The Morgan fingerprint density at radius 2 is 2.15 bits per heavy atom. The molecule has 5 N–H and O–H groups in total.